The van der Waals surface area contributed by atoms with Gasteiger partial charge in [0.05, 0.1) is 0 Å². The van der Waals surface area contributed by atoms with Crippen LogP contribution in [-0.2, 0) is 4.79 Å². The molecule has 1 saturated heterocycles. The van der Waals surface area contributed by atoms with E-state index in [1.165, 1.54) is 6.42 Å². The zero-order valence-electron chi connectivity index (χ0n) is 14.2. The van der Waals surface area contributed by atoms with Gasteiger partial charge in [-0.25, -0.2) is 0 Å². The van der Waals surface area contributed by atoms with Crippen molar-refractivity contribution in [1.82, 2.24) is 15.5 Å². The minimum absolute atomic E-state index is 0. The molecule has 0 spiro atoms. The molecule has 0 saturated carbocycles. The van der Waals surface area contributed by atoms with Crippen LogP contribution in [0.2, 0.25) is 0 Å². The summed E-state index contributed by atoms with van der Waals surface area (Å²) in [7, 11) is 0. The predicted octanol–water partition coefficient (Wildman–Crippen LogP) is 2.67. The SMILES string of the molecule is CCNC(=NCCCN1CCCCCC1=O)NC1CC=CC1.I. The van der Waals surface area contributed by atoms with Crippen LogP contribution in [0.4, 0.5) is 0 Å². The standard InChI is InChI=1S/C17H30N4O.HI/c1-2-18-17(20-15-9-5-6-10-15)19-12-8-14-21-13-7-3-4-11-16(21)22;/h5-6,15H,2-4,7-14H2,1H3,(H2,18,19,20);1H. The van der Waals surface area contributed by atoms with Crippen molar-refractivity contribution >= 4 is 35.8 Å². The smallest absolute Gasteiger partial charge is 0.222 e. The molecule has 132 valence electrons. The molecule has 0 unspecified atom stereocenters. The summed E-state index contributed by atoms with van der Waals surface area (Å²) >= 11 is 0. The van der Waals surface area contributed by atoms with E-state index in [0.717, 1.165) is 70.7 Å². The lowest BCUT2D eigenvalue weighted by molar-refractivity contribution is -0.130. The molecule has 1 heterocycles. The quantitative estimate of drug-likeness (QED) is 0.222. The van der Waals surface area contributed by atoms with Gasteiger partial charge in [0.25, 0.3) is 0 Å². The lowest BCUT2D eigenvalue weighted by Gasteiger charge is -2.20. The molecule has 0 radical (unpaired) electrons. The van der Waals surface area contributed by atoms with Gasteiger partial charge in [-0.05, 0) is 39.0 Å². The highest BCUT2D eigenvalue weighted by molar-refractivity contribution is 14.0. The molecule has 1 fully saturated rings. The zero-order chi connectivity index (χ0) is 15.6. The maximum Gasteiger partial charge on any atom is 0.222 e. The first kappa shape index (κ1) is 20.3. The van der Waals surface area contributed by atoms with Crippen LogP contribution in [0.3, 0.4) is 0 Å². The second kappa shape index (κ2) is 11.7. The van der Waals surface area contributed by atoms with Gasteiger partial charge < -0.3 is 15.5 Å². The Morgan fingerprint density at radius 3 is 2.83 bits per heavy atom. The molecular weight excluding hydrogens is 403 g/mol. The Labute approximate surface area is 157 Å². The van der Waals surface area contributed by atoms with Crippen molar-refractivity contribution in [3.63, 3.8) is 0 Å². The van der Waals surface area contributed by atoms with Crippen molar-refractivity contribution in [3.05, 3.63) is 12.2 Å². The molecule has 2 N–H and O–H groups in total. The average Bonchev–Trinajstić information content (AvgIpc) is 2.93. The van der Waals surface area contributed by atoms with Crippen LogP contribution < -0.4 is 10.6 Å². The van der Waals surface area contributed by atoms with Gasteiger partial charge in [-0.15, -0.1) is 24.0 Å². The summed E-state index contributed by atoms with van der Waals surface area (Å²) in [4.78, 5) is 18.6. The van der Waals surface area contributed by atoms with Crippen LogP contribution in [-0.4, -0.2) is 49.0 Å². The van der Waals surface area contributed by atoms with Gasteiger partial charge >= 0.3 is 0 Å². The van der Waals surface area contributed by atoms with Crippen molar-refractivity contribution in [2.24, 2.45) is 4.99 Å². The van der Waals surface area contributed by atoms with Gasteiger partial charge in [-0.1, -0.05) is 18.6 Å². The van der Waals surface area contributed by atoms with Crippen LogP contribution in [0.15, 0.2) is 17.1 Å². The summed E-state index contributed by atoms with van der Waals surface area (Å²) in [5.41, 5.74) is 0. The molecule has 2 rings (SSSR count). The first-order chi connectivity index (χ1) is 10.8. The number of aliphatic imine (C=N–C) groups is 1. The molecule has 6 heteroatoms. The highest BCUT2D eigenvalue weighted by Crippen LogP contribution is 2.11. The van der Waals surface area contributed by atoms with Gasteiger partial charge in [-0.3, -0.25) is 9.79 Å². The van der Waals surface area contributed by atoms with Crippen molar-refractivity contribution in [1.29, 1.82) is 0 Å². The molecule has 0 bridgehead atoms. The third-order valence-electron chi connectivity index (χ3n) is 4.22. The summed E-state index contributed by atoms with van der Waals surface area (Å²) in [5, 5.41) is 6.77. The molecule has 0 aromatic rings. The summed E-state index contributed by atoms with van der Waals surface area (Å²) in [6.07, 6.45) is 11.6. The second-order valence-corrected chi connectivity index (χ2v) is 6.09. The Bertz CT molecular complexity index is 403. The molecule has 1 aliphatic heterocycles. The Kier molecular flexibility index (Phi) is 10.3. The number of carbonyl (C=O) groups is 1. The average molecular weight is 434 g/mol. The van der Waals surface area contributed by atoms with E-state index in [1.54, 1.807) is 0 Å². The molecule has 1 aliphatic carbocycles. The Hall–Kier alpha value is -0.790. The number of nitrogens with one attached hydrogen (secondary N) is 2. The van der Waals surface area contributed by atoms with Crippen LogP contribution >= 0.6 is 24.0 Å². The van der Waals surface area contributed by atoms with Gasteiger partial charge in [0, 0.05) is 38.6 Å². The molecule has 23 heavy (non-hydrogen) atoms. The van der Waals surface area contributed by atoms with Gasteiger partial charge in [0.2, 0.25) is 5.91 Å². The first-order valence-corrected chi connectivity index (χ1v) is 8.77. The van der Waals surface area contributed by atoms with E-state index in [0.29, 0.717) is 11.9 Å². The summed E-state index contributed by atoms with van der Waals surface area (Å²) in [6.45, 7) is 5.48. The number of carbonyl (C=O) groups excluding carboxylic acids is 1. The fourth-order valence-corrected chi connectivity index (χ4v) is 2.98. The monoisotopic (exact) mass is 434 g/mol. The number of hydrogen-bond acceptors (Lipinski definition) is 2. The maximum atomic E-state index is 11.9. The summed E-state index contributed by atoms with van der Waals surface area (Å²) in [5.74, 6) is 1.22. The third-order valence-corrected chi connectivity index (χ3v) is 4.22. The van der Waals surface area contributed by atoms with Crippen molar-refractivity contribution in [3.8, 4) is 0 Å². The summed E-state index contributed by atoms with van der Waals surface area (Å²) in [6, 6.07) is 0.477. The van der Waals surface area contributed by atoms with Crippen molar-refractivity contribution < 1.29 is 4.79 Å². The number of rotatable bonds is 6. The zero-order valence-corrected chi connectivity index (χ0v) is 16.6. The van der Waals surface area contributed by atoms with E-state index < -0.39 is 0 Å². The second-order valence-electron chi connectivity index (χ2n) is 6.09. The van der Waals surface area contributed by atoms with Crippen LogP contribution in [0, 0.1) is 0 Å². The topological polar surface area (TPSA) is 56.7 Å². The molecule has 5 nitrogen and oxygen atoms in total. The van der Waals surface area contributed by atoms with Gasteiger partial charge in [-0.2, -0.15) is 0 Å². The number of halogens is 1. The maximum absolute atomic E-state index is 11.9. The van der Waals surface area contributed by atoms with Crippen LogP contribution in [0.5, 0.6) is 0 Å². The number of hydrogen-bond donors (Lipinski definition) is 2. The van der Waals surface area contributed by atoms with E-state index in [9.17, 15) is 4.79 Å². The van der Waals surface area contributed by atoms with Crippen LogP contribution in [0.1, 0.15) is 51.9 Å². The number of guanidine groups is 1. The largest absolute Gasteiger partial charge is 0.357 e. The Morgan fingerprint density at radius 1 is 1.30 bits per heavy atom. The minimum atomic E-state index is 0. The number of likely N-dealkylation sites (tertiary alicyclic amines) is 1. The normalized spacial score (nSPS) is 19.4. The first-order valence-electron chi connectivity index (χ1n) is 8.77. The van der Waals surface area contributed by atoms with E-state index in [4.69, 9.17) is 0 Å². The Balaban J connectivity index is 0.00000264. The van der Waals surface area contributed by atoms with E-state index in [1.807, 2.05) is 4.90 Å². The molecule has 0 atom stereocenters. The van der Waals surface area contributed by atoms with Crippen LogP contribution in [0.25, 0.3) is 0 Å². The van der Waals surface area contributed by atoms with E-state index in [-0.39, 0.29) is 24.0 Å². The fraction of sp³-hybridized carbons (Fsp3) is 0.765. The highest BCUT2D eigenvalue weighted by Gasteiger charge is 2.15. The molecule has 1 amide bonds. The minimum Gasteiger partial charge on any atom is -0.357 e. The lowest BCUT2D eigenvalue weighted by Crippen LogP contribution is -2.42. The van der Waals surface area contributed by atoms with E-state index >= 15 is 0 Å². The van der Waals surface area contributed by atoms with Gasteiger partial charge in [0.1, 0.15) is 0 Å². The van der Waals surface area contributed by atoms with E-state index in [2.05, 4.69) is 34.7 Å². The molecule has 0 aromatic carbocycles. The van der Waals surface area contributed by atoms with Crippen molar-refractivity contribution in [2.75, 3.05) is 26.2 Å². The number of nitrogens with zero attached hydrogens (tertiary/aromatic N) is 2. The lowest BCUT2D eigenvalue weighted by atomic mass is 10.2. The molecular formula is C17H31IN4O. The van der Waals surface area contributed by atoms with Crippen molar-refractivity contribution in [2.45, 2.75) is 57.9 Å². The number of amides is 1. The molecule has 0 aromatic heterocycles. The predicted molar refractivity (Wildman–Crippen MR) is 106 cm³/mol. The summed E-state index contributed by atoms with van der Waals surface area (Å²) < 4.78 is 0. The highest BCUT2D eigenvalue weighted by atomic mass is 127. The molecule has 2 aliphatic rings. The third kappa shape index (κ3) is 7.54. The van der Waals surface area contributed by atoms with Gasteiger partial charge in [0.15, 0.2) is 5.96 Å². The Morgan fingerprint density at radius 2 is 2.09 bits per heavy atom. The fourth-order valence-electron chi connectivity index (χ4n) is 2.98.